The van der Waals surface area contributed by atoms with E-state index in [0.29, 0.717) is 0 Å². The lowest BCUT2D eigenvalue weighted by Gasteiger charge is -2.37. The van der Waals surface area contributed by atoms with Crippen LogP contribution in [0.1, 0.15) is 27.7 Å². The second-order valence-corrected chi connectivity index (χ2v) is 10.8. The van der Waals surface area contributed by atoms with Crippen molar-refractivity contribution in [2.75, 3.05) is 0 Å². The largest absolute Gasteiger partial charge is 0.427 e. The van der Waals surface area contributed by atoms with Gasteiger partial charge in [-0.25, -0.2) is 0 Å². The SMILES string of the molecule is CC(C)(O)C(C)(C)O[B]c1cccc2sc3c4cccc5c4c(cc3c12)-c1ccccc1-5. The Hall–Kier alpha value is -2.66. The Morgan fingerprint density at radius 3 is 2.19 bits per heavy atom. The fourth-order valence-electron chi connectivity index (χ4n) is 4.63. The second-order valence-electron chi connectivity index (χ2n) is 9.70. The molecule has 0 atom stereocenters. The van der Waals surface area contributed by atoms with E-state index in [1.165, 1.54) is 53.2 Å². The topological polar surface area (TPSA) is 29.5 Å². The smallest absolute Gasteiger partial charge is 0.331 e. The molecule has 6 rings (SSSR count). The van der Waals surface area contributed by atoms with Crippen LogP contribution in [0.5, 0.6) is 0 Å². The van der Waals surface area contributed by atoms with Crippen LogP contribution in [0, 0.1) is 0 Å². The molecular weight excluding hydrogens is 411 g/mol. The molecule has 0 amide bonds. The molecule has 1 heterocycles. The van der Waals surface area contributed by atoms with Crippen LogP contribution < -0.4 is 5.46 Å². The van der Waals surface area contributed by atoms with Gasteiger partial charge in [0.05, 0.1) is 11.2 Å². The Bertz CT molecular complexity index is 1540. The maximum atomic E-state index is 10.5. The average Bonchev–Trinajstić information content (AvgIpc) is 3.30. The minimum absolute atomic E-state index is 0.713. The third-order valence-electron chi connectivity index (χ3n) is 7.11. The van der Waals surface area contributed by atoms with Gasteiger partial charge in [0, 0.05) is 20.2 Å². The van der Waals surface area contributed by atoms with Gasteiger partial charge in [-0.2, -0.15) is 0 Å². The van der Waals surface area contributed by atoms with Crippen molar-refractivity contribution in [2.45, 2.75) is 38.9 Å². The molecule has 2 nitrogen and oxygen atoms in total. The molecule has 1 radical (unpaired) electrons. The van der Waals surface area contributed by atoms with Crippen molar-refractivity contribution in [3.8, 4) is 22.3 Å². The first kappa shape index (κ1) is 20.0. The Kier molecular flexibility index (Phi) is 4.17. The molecule has 32 heavy (non-hydrogen) atoms. The van der Waals surface area contributed by atoms with Crippen molar-refractivity contribution < 1.29 is 9.76 Å². The minimum atomic E-state index is -0.962. The van der Waals surface area contributed by atoms with Gasteiger partial charge >= 0.3 is 7.48 Å². The molecule has 1 aliphatic carbocycles. The van der Waals surface area contributed by atoms with Crippen molar-refractivity contribution in [2.24, 2.45) is 0 Å². The first-order chi connectivity index (χ1) is 15.3. The predicted octanol–water partition coefficient (Wildman–Crippen LogP) is 6.67. The van der Waals surface area contributed by atoms with E-state index in [2.05, 4.69) is 66.7 Å². The van der Waals surface area contributed by atoms with Gasteiger partial charge in [0.15, 0.2) is 0 Å². The summed E-state index contributed by atoms with van der Waals surface area (Å²) < 4.78 is 8.71. The van der Waals surface area contributed by atoms with E-state index < -0.39 is 11.2 Å². The number of fused-ring (bicyclic) bond motifs is 7. The molecule has 0 saturated heterocycles. The third-order valence-corrected chi connectivity index (χ3v) is 8.32. The lowest BCUT2D eigenvalue weighted by Crippen LogP contribution is -2.49. The maximum Gasteiger partial charge on any atom is 0.331 e. The monoisotopic (exact) mass is 435 g/mol. The summed E-state index contributed by atoms with van der Waals surface area (Å²) in [5, 5.41) is 15.7. The average molecular weight is 435 g/mol. The van der Waals surface area contributed by atoms with E-state index >= 15 is 0 Å². The molecule has 1 N–H and O–H groups in total. The summed E-state index contributed by atoms with van der Waals surface area (Å²) in [4.78, 5) is 0. The first-order valence-corrected chi connectivity index (χ1v) is 11.8. The number of hydrogen-bond acceptors (Lipinski definition) is 3. The van der Waals surface area contributed by atoms with E-state index in [-0.39, 0.29) is 0 Å². The third kappa shape index (κ3) is 2.73. The van der Waals surface area contributed by atoms with Gasteiger partial charge in [-0.15, -0.1) is 11.3 Å². The zero-order valence-corrected chi connectivity index (χ0v) is 19.5. The van der Waals surface area contributed by atoms with Crippen LogP contribution in [0.4, 0.5) is 0 Å². The summed E-state index contributed by atoms with van der Waals surface area (Å²) in [5.74, 6) is 0. The second kappa shape index (κ2) is 6.68. The van der Waals surface area contributed by atoms with E-state index in [9.17, 15) is 5.11 Å². The normalized spacial score (nSPS) is 13.3. The summed E-state index contributed by atoms with van der Waals surface area (Å²) in [6.45, 7) is 7.40. The number of thiophene rings is 1. The van der Waals surface area contributed by atoms with E-state index in [1.54, 1.807) is 13.8 Å². The summed E-state index contributed by atoms with van der Waals surface area (Å²) in [6.07, 6.45) is 0. The van der Waals surface area contributed by atoms with Crippen LogP contribution in [-0.2, 0) is 4.65 Å². The summed E-state index contributed by atoms with van der Waals surface area (Å²) in [7, 11) is 1.82. The summed E-state index contributed by atoms with van der Waals surface area (Å²) in [5.41, 5.74) is 4.63. The highest BCUT2D eigenvalue weighted by atomic mass is 32.1. The van der Waals surface area contributed by atoms with Crippen LogP contribution in [0.3, 0.4) is 0 Å². The summed E-state index contributed by atoms with van der Waals surface area (Å²) in [6, 6.07) is 24.1. The Morgan fingerprint density at radius 1 is 0.750 bits per heavy atom. The number of benzene rings is 4. The highest BCUT2D eigenvalue weighted by molar-refractivity contribution is 7.27. The van der Waals surface area contributed by atoms with Gasteiger partial charge in [0.2, 0.25) is 0 Å². The van der Waals surface area contributed by atoms with Crippen molar-refractivity contribution in [3.05, 3.63) is 66.7 Å². The fraction of sp³-hybridized carbons (Fsp3) is 0.214. The van der Waals surface area contributed by atoms with Gasteiger partial charge in [0.1, 0.15) is 0 Å². The Morgan fingerprint density at radius 2 is 1.44 bits per heavy atom. The van der Waals surface area contributed by atoms with E-state index in [1.807, 2.05) is 32.7 Å². The first-order valence-electron chi connectivity index (χ1n) is 11.0. The molecule has 4 aromatic carbocycles. The van der Waals surface area contributed by atoms with Gasteiger partial charge in [-0.05, 0) is 78.3 Å². The minimum Gasteiger partial charge on any atom is -0.427 e. The van der Waals surface area contributed by atoms with Crippen molar-refractivity contribution in [3.63, 3.8) is 0 Å². The van der Waals surface area contributed by atoms with Crippen molar-refractivity contribution in [1.29, 1.82) is 0 Å². The molecule has 1 aliphatic rings. The van der Waals surface area contributed by atoms with Gasteiger partial charge in [0.25, 0.3) is 0 Å². The molecule has 0 bridgehead atoms. The van der Waals surface area contributed by atoms with E-state index in [0.717, 1.165) is 5.46 Å². The number of rotatable bonds is 4. The zero-order valence-electron chi connectivity index (χ0n) is 18.7. The molecule has 157 valence electrons. The fourth-order valence-corrected chi connectivity index (χ4v) is 5.88. The van der Waals surface area contributed by atoms with Crippen LogP contribution in [0.15, 0.2) is 66.7 Å². The van der Waals surface area contributed by atoms with Crippen LogP contribution in [-0.4, -0.2) is 23.8 Å². The van der Waals surface area contributed by atoms with Crippen molar-refractivity contribution >= 4 is 55.2 Å². The molecule has 0 spiro atoms. The molecule has 0 fully saturated rings. The molecular formula is C28H24BO2S. The highest BCUT2D eigenvalue weighted by Gasteiger charge is 2.36. The molecule has 0 aliphatic heterocycles. The number of aliphatic hydroxyl groups is 1. The maximum absolute atomic E-state index is 10.5. The standard InChI is InChI=1S/C28H24BO2S/c1-27(2,30)28(3,4)31-29-22-13-8-14-23-25(22)21-15-20-17-10-6-5-9-16(17)18-11-7-12-19(24(18)20)26(21)32-23/h5-15,30H,1-4H3. The van der Waals surface area contributed by atoms with Gasteiger partial charge in [-0.3, -0.25) is 0 Å². The Labute approximate surface area is 192 Å². The molecule has 0 saturated carbocycles. The van der Waals surface area contributed by atoms with Crippen LogP contribution in [0.2, 0.25) is 0 Å². The summed E-state index contributed by atoms with van der Waals surface area (Å²) >= 11 is 1.84. The molecule has 0 unspecified atom stereocenters. The highest BCUT2D eigenvalue weighted by Crippen LogP contribution is 2.51. The zero-order chi connectivity index (χ0) is 22.3. The molecule has 4 heteroatoms. The lowest BCUT2D eigenvalue weighted by atomic mass is 9.80. The van der Waals surface area contributed by atoms with Crippen LogP contribution in [0.25, 0.3) is 53.2 Å². The predicted molar refractivity (Wildman–Crippen MR) is 138 cm³/mol. The van der Waals surface area contributed by atoms with Gasteiger partial charge < -0.3 is 9.76 Å². The van der Waals surface area contributed by atoms with Gasteiger partial charge in [-0.1, -0.05) is 54.6 Å². The molecule has 1 aromatic heterocycles. The quantitative estimate of drug-likeness (QED) is 0.314. The van der Waals surface area contributed by atoms with Crippen molar-refractivity contribution in [1.82, 2.24) is 0 Å². The molecule has 5 aromatic rings. The number of hydrogen-bond donors (Lipinski definition) is 1. The van der Waals surface area contributed by atoms with E-state index in [4.69, 9.17) is 4.65 Å². The lowest BCUT2D eigenvalue weighted by molar-refractivity contribution is -0.0893. The Balaban J connectivity index is 1.60. The van der Waals surface area contributed by atoms with Crippen LogP contribution >= 0.6 is 11.3 Å².